The first-order valence-corrected chi connectivity index (χ1v) is 9.21. The summed E-state index contributed by atoms with van der Waals surface area (Å²) in [6.45, 7) is 0. The van der Waals surface area contributed by atoms with Crippen molar-refractivity contribution in [2.24, 2.45) is 0 Å². The lowest BCUT2D eigenvalue weighted by atomic mass is 10.0. The third-order valence-corrected chi connectivity index (χ3v) is 5.48. The van der Waals surface area contributed by atoms with Gasteiger partial charge in [-0.05, 0) is 54.2 Å². The molecular formula is C15H8F8O3S2. The van der Waals surface area contributed by atoms with E-state index in [4.69, 9.17) is 4.55 Å². The summed E-state index contributed by atoms with van der Waals surface area (Å²) >= 11 is -1.36. The summed E-state index contributed by atoms with van der Waals surface area (Å²) in [7, 11) is -6.59. The van der Waals surface area contributed by atoms with E-state index < -0.39 is 66.0 Å². The molecule has 1 N–H and O–H groups in total. The molecule has 0 radical (unpaired) electrons. The Morgan fingerprint density at radius 1 is 0.821 bits per heavy atom. The fraction of sp³-hybridized carbons (Fsp3) is 0.200. The molecule has 0 aliphatic rings. The van der Waals surface area contributed by atoms with E-state index in [1.165, 1.54) is 0 Å². The minimum atomic E-state index is -6.59. The van der Waals surface area contributed by atoms with Crippen molar-refractivity contribution in [2.45, 2.75) is 21.3 Å². The topological polar surface area (TPSA) is 54.4 Å². The Morgan fingerprint density at radius 2 is 1.32 bits per heavy atom. The molecule has 0 fully saturated rings. The maximum atomic E-state index is 14.5. The van der Waals surface area contributed by atoms with Crippen LogP contribution in [-0.2, 0) is 16.0 Å². The lowest BCUT2D eigenvalue weighted by molar-refractivity contribution is -0.0947. The van der Waals surface area contributed by atoms with Crippen molar-refractivity contribution in [1.82, 2.24) is 0 Å². The van der Waals surface area contributed by atoms with Crippen molar-refractivity contribution in [3.63, 3.8) is 0 Å². The number of alkyl halides is 6. The third-order valence-electron chi connectivity index (χ3n) is 3.40. The average Bonchev–Trinajstić information content (AvgIpc) is 2.55. The van der Waals surface area contributed by atoms with Crippen LogP contribution in [-0.4, -0.2) is 23.5 Å². The molecule has 154 valence electrons. The van der Waals surface area contributed by atoms with Crippen molar-refractivity contribution in [1.29, 1.82) is 0 Å². The summed E-state index contributed by atoms with van der Waals surface area (Å²) in [4.78, 5) is -1.42. The van der Waals surface area contributed by atoms with Gasteiger partial charge in [0.05, 0.1) is 0 Å². The molecule has 0 saturated carbocycles. The van der Waals surface area contributed by atoms with E-state index in [0.29, 0.717) is 30.3 Å². The Hall–Kier alpha value is -1.86. The van der Waals surface area contributed by atoms with Crippen LogP contribution in [0.3, 0.4) is 0 Å². The fourth-order valence-corrected chi connectivity index (χ4v) is 3.44. The number of halogens is 8. The summed E-state index contributed by atoms with van der Waals surface area (Å²) < 4.78 is 139. The molecule has 0 spiro atoms. The van der Waals surface area contributed by atoms with Crippen molar-refractivity contribution in [2.75, 3.05) is 0 Å². The lowest BCUT2D eigenvalue weighted by Crippen LogP contribution is -2.44. The van der Waals surface area contributed by atoms with Gasteiger partial charge in [0, 0.05) is 16.0 Å². The molecule has 0 aromatic heterocycles. The molecule has 28 heavy (non-hydrogen) atoms. The number of hydrogen-bond acceptors (Lipinski definition) is 3. The molecule has 13 heteroatoms. The fourth-order valence-electron chi connectivity index (χ4n) is 1.95. The first kappa shape index (κ1) is 22.4. The van der Waals surface area contributed by atoms with Gasteiger partial charge < -0.3 is 0 Å². The van der Waals surface area contributed by atoms with E-state index in [0.717, 1.165) is 0 Å². The Morgan fingerprint density at radius 3 is 1.82 bits per heavy atom. The molecular weight excluding hydrogens is 444 g/mol. The van der Waals surface area contributed by atoms with Crippen molar-refractivity contribution in [3.8, 4) is 0 Å². The maximum Gasteiger partial charge on any atom is 0.442 e. The highest BCUT2D eigenvalue weighted by Crippen LogP contribution is 2.50. The Bertz CT molecular complexity index is 975. The SMILES string of the molecule is O=S(=O)(O)C(F)(F)C(F)(F)Sc1cc(C(F)(F)c2ccc(F)cc2)ccc1F. The largest absolute Gasteiger partial charge is 0.442 e. The number of rotatable bonds is 6. The predicted molar refractivity (Wildman–Crippen MR) is 83.1 cm³/mol. The minimum Gasteiger partial charge on any atom is -0.281 e. The highest BCUT2D eigenvalue weighted by molar-refractivity contribution is 8.01. The zero-order valence-corrected chi connectivity index (χ0v) is 14.8. The lowest BCUT2D eigenvalue weighted by Gasteiger charge is -2.24. The monoisotopic (exact) mass is 452 g/mol. The van der Waals surface area contributed by atoms with Crippen LogP contribution in [0, 0.1) is 11.6 Å². The third kappa shape index (κ3) is 4.10. The molecule has 2 aromatic rings. The minimum absolute atomic E-state index is 0.122. The van der Waals surface area contributed by atoms with Gasteiger partial charge in [0.15, 0.2) is 0 Å². The smallest absolute Gasteiger partial charge is 0.281 e. The molecule has 0 bridgehead atoms. The quantitative estimate of drug-likeness (QED) is 0.369. The van der Waals surface area contributed by atoms with E-state index in [1.807, 2.05) is 0 Å². The van der Waals surface area contributed by atoms with E-state index in [-0.39, 0.29) is 12.1 Å². The highest BCUT2D eigenvalue weighted by atomic mass is 32.2. The summed E-state index contributed by atoms with van der Waals surface area (Å²) in [6, 6.07) is 3.61. The van der Waals surface area contributed by atoms with Gasteiger partial charge in [0.1, 0.15) is 11.6 Å². The molecule has 2 rings (SSSR count). The van der Waals surface area contributed by atoms with Crippen LogP contribution in [0.1, 0.15) is 11.1 Å². The molecule has 3 nitrogen and oxygen atoms in total. The van der Waals surface area contributed by atoms with Gasteiger partial charge in [-0.2, -0.15) is 34.8 Å². The molecule has 0 heterocycles. The zero-order valence-electron chi connectivity index (χ0n) is 13.1. The van der Waals surface area contributed by atoms with E-state index >= 15 is 0 Å². The second kappa shape index (κ2) is 7.19. The predicted octanol–water partition coefficient (Wildman–Crippen LogP) is 5.27. The highest BCUT2D eigenvalue weighted by Gasteiger charge is 2.66. The molecule has 0 amide bonds. The molecule has 0 atom stereocenters. The van der Waals surface area contributed by atoms with Crippen molar-refractivity contribution < 1.29 is 48.1 Å². The van der Waals surface area contributed by atoms with E-state index in [2.05, 4.69) is 0 Å². The van der Waals surface area contributed by atoms with Gasteiger partial charge in [0.2, 0.25) is 0 Å². The summed E-state index contributed by atoms with van der Waals surface area (Å²) in [6.07, 6.45) is 0. The summed E-state index contributed by atoms with van der Waals surface area (Å²) in [5.41, 5.74) is -1.90. The van der Waals surface area contributed by atoms with Crippen LogP contribution < -0.4 is 0 Å². The molecule has 0 saturated heterocycles. The van der Waals surface area contributed by atoms with Crippen LogP contribution in [0.25, 0.3) is 0 Å². The molecule has 0 unspecified atom stereocenters. The van der Waals surface area contributed by atoms with Gasteiger partial charge >= 0.3 is 20.6 Å². The van der Waals surface area contributed by atoms with Crippen LogP contribution >= 0.6 is 11.8 Å². The first-order chi connectivity index (χ1) is 12.6. The maximum absolute atomic E-state index is 14.5. The van der Waals surface area contributed by atoms with E-state index in [1.54, 1.807) is 0 Å². The molecule has 0 aliphatic heterocycles. The van der Waals surface area contributed by atoms with Crippen LogP contribution in [0.4, 0.5) is 35.1 Å². The second-order valence-corrected chi connectivity index (χ2v) is 7.96. The van der Waals surface area contributed by atoms with Gasteiger partial charge in [0.25, 0.3) is 5.92 Å². The van der Waals surface area contributed by atoms with Gasteiger partial charge in [-0.15, -0.1) is 0 Å². The molecule has 2 aromatic carbocycles. The van der Waals surface area contributed by atoms with Gasteiger partial charge in [-0.3, -0.25) is 4.55 Å². The summed E-state index contributed by atoms with van der Waals surface area (Å²) in [5.74, 6) is -6.41. The Balaban J connectivity index is 2.47. The number of benzene rings is 2. The first-order valence-electron chi connectivity index (χ1n) is 6.95. The molecule has 0 aliphatic carbocycles. The van der Waals surface area contributed by atoms with Crippen LogP contribution in [0.5, 0.6) is 0 Å². The van der Waals surface area contributed by atoms with Crippen molar-refractivity contribution >= 4 is 21.9 Å². The van der Waals surface area contributed by atoms with Gasteiger partial charge in [-0.1, -0.05) is 0 Å². The van der Waals surface area contributed by atoms with Crippen LogP contribution in [0.2, 0.25) is 0 Å². The van der Waals surface area contributed by atoms with E-state index in [9.17, 15) is 43.5 Å². The normalized spacial score (nSPS) is 13.6. The van der Waals surface area contributed by atoms with Crippen molar-refractivity contribution in [3.05, 3.63) is 65.2 Å². The Kier molecular flexibility index (Phi) is 5.76. The number of thioether (sulfide) groups is 1. The van der Waals surface area contributed by atoms with Crippen LogP contribution in [0.15, 0.2) is 47.4 Å². The summed E-state index contributed by atoms with van der Waals surface area (Å²) in [5, 5.41) is -11.6. The zero-order chi connectivity index (χ0) is 21.5. The standard InChI is InChI=1S/C15H8F8O3S2/c16-10-4-1-8(2-5-10)13(18,19)9-3-6-11(17)12(7-9)27-14(20,21)15(22,23)28(24,25)26/h1-7H,(H,24,25,26). The Labute approximate surface area is 157 Å². The van der Waals surface area contributed by atoms with Gasteiger partial charge in [-0.25, -0.2) is 8.78 Å². The second-order valence-electron chi connectivity index (χ2n) is 5.34. The average molecular weight is 452 g/mol. The number of hydrogen-bond donors (Lipinski definition) is 1.